The van der Waals surface area contributed by atoms with Crippen molar-refractivity contribution in [3.05, 3.63) is 53.3 Å². The molecule has 0 saturated heterocycles. The first-order valence-corrected chi connectivity index (χ1v) is 8.45. The lowest BCUT2D eigenvalue weighted by molar-refractivity contribution is -0.0925. The number of halogens is 3. The molecule has 0 aliphatic heterocycles. The number of aliphatic imine (C=N–C) groups is 1. The van der Waals surface area contributed by atoms with Gasteiger partial charge in [-0.05, 0) is 50.3 Å². The third-order valence-corrected chi connectivity index (χ3v) is 4.64. The van der Waals surface area contributed by atoms with E-state index in [-0.39, 0.29) is 17.8 Å². The topological polar surface area (TPSA) is 38.4 Å². The van der Waals surface area contributed by atoms with E-state index < -0.39 is 11.9 Å². The highest BCUT2D eigenvalue weighted by atomic mass is 19.4. The molecule has 1 aromatic rings. The minimum absolute atomic E-state index is 0.102. The van der Waals surface area contributed by atoms with Crippen LogP contribution in [0.15, 0.2) is 52.7 Å². The highest BCUT2D eigenvalue weighted by Crippen LogP contribution is 2.36. The SMILES string of the molecule is CC1=CC(C)C(C(C=C(N)C(F)(F)F)=Nc2ccc(C)cc2)C(C)C1. The van der Waals surface area contributed by atoms with Crippen molar-refractivity contribution < 1.29 is 13.2 Å². The summed E-state index contributed by atoms with van der Waals surface area (Å²) in [5.74, 6) is 0.192. The second-order valence-corrected chi connectivity index (χ2v) is 7.05. The molecule has 0 heterocycles. The van der Waals surface area contributed by atoms with E-state index in [4.69, 9.17) is 5.73 Å². The van der Waals surface area contributed by atoms with Crippen LogP contribution in [0.3, 0.4) is 0 Å². The lowest BCUT2D eigenvalue weighted by atomic mass is 9.72. The summed E-state index contributed by atoms with van der Waals surface area (Å²) in [6.45, 7) is 8.08. The molecule has 3 atom stereocenters. The van der Waals surface area contributed by atoms with Gasteiger partial charge < -0.3 is 5.73 Å². The molecule has 0 aromatic heterocycles. The molecule has 2 nitrogen and oxygen atoms in total. The Kier molecular flexibility index (Phi) is 5.76. The fourth-order valence-electron chi connectivity index (χ4n) is 3.55. The van der Waals surface area contributed by atoms with Crippen molar-refractivity contribution in [2.45, 2.75) is 40.3 Å². The summed E-state index contributed by atoms with van der Waals surface area (Å²) >= 11 is 0. The van der Waals surface area contributed by atoms with E-state index in [1.165, 1.54) is 5.57 Å². The van der Waals surface area contributed by atoms with E-state index >= 15 is 0 Å². The Labute approximate surface area is 147 Å². The van der Waals surface area contributed by atoms with Crippen LogP contribution in [0.25, 0.3) is 0 Å². The van der Waals surface area contributed by atoms with Gasteiger partial charge in [0.2, 0.25) is 0 Å². The van der Waals surface area contributed by atoms with Crippen molar-refractivity contribution in [3.8, 4) is 0 Å². The molecule has 25 heavy (non-hydrogen) atoms. The summed E-state index contributed by atoms with van der Waals surface area (Å²) in [6, 6.07) is 7.41. The summed E-state index contributed by atoms with van der Waals surface area (Å²) in [7, 11) is 0. The van der Waals surface area contributed by atoms with Crippen LogP contribution in [-0.4, -0.2) is 11.9 Å². The molecule has 136 valence electrons. The van der Waals surface area contributed by atoms with E-state index in [0.29, 0.717) is 11.4 Å². The highest BCUT2D eigenvalue weighted by molar-refractivity contribution is 5.99. The first kappa shape index (κ1) is 19.3. The van der Waals surface area contributed by atoms with Crippen LogP contribution >= 0.6 is 0 Å². The van der Waals surface area contributed by atoms with Crippen LogP contribution in [0.5, 0.6) is 0 Å². The maximum Gasteiger partial charge on any atom is 0.430 e. The summed E-state index contributed by atoms with van der Waals surface area (Å²) in [5, 5.41) is 0. The predicted octanol–water partition coefficient (Wildman–Crippen LogP) is 5.71. The average molecular weight is 350 g/mol. The first-order chi connectivity index (χ1) is 11.6. The van der Waals surface area contributed by atoms with E-state index in [1.807, 2.05) is 38.1 Å². The first-order valence-electron chi connectivity index (χ1n) is 8.45. The van der Waals surface area contributed by atoms with Gasteiger partial charge in [-0.2, -0.15) is 13.2 Å². The van der Waals surface area contributed by atoms with Crippen molar-refractivity contribution in [1.82, 2.24) is 0 Å². The van der Waals surface area contributed by atoms with E-state index in [1.54, 1.807) is 0 Å². The van der Waals surface area contributed by atoms with Gasteiger partial charge >= 0.3 is 6.18 Å². The molecule has 0 saturated carbocycles. The van der Waals surface area contributed by atoms with E-state index in [9.17, 15) is 13.2 Å². The molecule has 5 heteroatoms. The number of benzene rings is 1. The zero-order valence-corrected chi connectivity index (χ0v) is 15.1. The number of aryl methyl sites for hydroxylation is 1. The molecule has 1 aliphatic carbocycles. The second-order valence-electron chi connectivity index (χ2n) is 7.05. The molecule has 0 radical (unpaired) electrons. The fourth-order valence-corrected chi connectivity index (χ4v) is 3.55. The third-order valence-electron chi connectivity index (χ3n) is 4.64. The Morgan fingerprint density at radius 2 is 1.76 bits per heavy atom. The Bertz CT molecular complexity index is 697. The second kappa shape index (κ2) is 7.46. The van der Waals surface area contributed by atoms with Gasteiger partial charge in [0, 0.05) is 11.6 Å². The van der Waals surface area contributed by atoms with Crippen LogP contribution in [0.2, 0.25) is 0 Å². The van der Waals surface area contributed by atoms with Crippen LogP contribution in [0.1, 0.15) is 32.8 Å². The van der Waals surface area contributed by atoms with Crippen molar-refractivity contribution in [1.29, 1.82) is 0 Å². The smallest absolute Gasteiger partial charge is 0.395 e. The summed E-state index contributed by atoms with van der Waals surface area (Å²) in [5.41, 5.74) is 7.55. The number of nitrogens with two attached hydrogens (primary N) is 1. The van der Waals surface area contributed by atoms with E-state index in [2.05, 4.69) is 24.9 Å². The van der Waals surface area contributed by atoms with Gasteiger partial charge in [0.25, 0.3) is 0 Å². The normalized spacial score (nSPS) is 25.7. The standard InChI is InChI=1S/C20H25F3N2/c1-12-5-7-16(8-6-12)25-17(11-18(24)20(21,22)23)19-14(3)9-13(2)10-15(19)4/h5-9,11,14-15,19H,10,24H2,1-4H3. The highest BCUT2D eigenvalue weighted by Gasteiger charge is 2.35. The zero-order valence-electron chi connectivity index (χ0n) is 15.1. The number of alkyl halides is 3. The number of nitrogens with zero attached hydrogens (tertiary/aromatic N) is 1. The lowest BCUT2D eigenvalue weighted by Gasteiger charge is -2.33. The molecular formula is C20H25F3N2. The Morgan fingerprint density at radius 3 is 2.28 bits per heavy atom. The van der Waals surface area contributed by atoms with Gasteiger partial charge in [-0.3, -0.25) is 4.99 Å². The molecule has 1 aliphatic rings. The van der Waals surface area contributed by atoms with Crippen LogP contribution in [-0.2, 0) is 0 Å². The summed E-state index contributed by atoms with van der Waals surface area (Å²) in [6.07, 6.45) is -0.582. The fraction of sp³-hybridized carbons (Fsp3) is 0.450. The molecule has 0 amide bonds. The predicted molar refractivity (Wildman–Crippen MR) is 96.8 cm³/mol. The number of hydrogen-bond acceptors (Lipinski definition) is 2. The molecule has 2 rings (SSSR count). The molecule has 3 unspecified atom stereocenters. The van der Waals surface area contributed by atoms with Crippen LogP contribution in [0.4, 0.5) is 18.9 Å². The van der Waals surface area contributed by atoms with Gasteiger partial charge in [-0.25, -0.2) is 0 Å². The molecule has 2 N–H and O–H groups in total. The number of rotatable bonds is 3. The Hall–Kier alpha value is -2.04. The van der Waals surface area contributed by atoms with Gasteiger partial charge in [0.1, 0.15) is 5.70 Å². The summed E-state index contributed by atoms with van der Waals surface area (Å²) < 4.78 is 38.9. The van der Waals surface area contributed by atoms with E-state index in [0.717, 1.165) is 18.1 Å². The van der Waals surface area contributed by atoms with Gasteiger partial charge in [0.15, 0.2) is 0 Å². The third kappa shape index (κ3) is 4.97. The maximum absolute atomic E-state index is 13.0. The monoisotopic (exact) mass is 350 g/mol. The van der Waals surface area contributed by atoms with Gasteiger partial charge in [0.05, 0.1) is 5.69 Å². The molecule has 1 aromatic carbocycles. The molecular weight excluding hydrogens is 325 g/mol. The van der Waals surface area contributed by atoms with Crippen molar-refractivity contribution >= 4 is 11.4 Å². The Morgan fingerprint density at radius 1 is 1.16 bits per heavy atom. The van der Waals surface area contributed by atoms with Gasteiger partial charge in [-0.15, -0.1) is 0 Å². The van der Waals surface area contributed by atoms with Crippen molar-refractivity contribution in [2.75, 3.05) is 0 Å². The minimum atomic E-state index is -4.55. The van der Waals surface area contributed by atoms with Crippen LogP contribution in [0, 0.1) is 24.7 Å². The number of allylic oxidation sites excluding steroid dienone is 4. The van der Waals surface area contributed by atoms with Gasteiger partial charge in [-0.1, -0.05) is 43.2 Å². The lowest BCUT2D eigenvalue weighted by Crippen LogP contribution is -2.31. The minimum Gasteiger partial charge on any atom is -0.395 e. The molecule has 0 spiro atoms. The quantitative estimate of drug-likeness (QED) is 0.550. The molecule has 0 fully saturated rings. The molecule has 0 bridgehead atoms. The van der Waals surface area contributed by atoms with Crippen LogP contribution < -0.4 is 5.73 Å². The average Bonchev–Trinajstić information content (AvgIpc) is 2.47. The maximum atomic E-state index is 13.0. The number of hydrogen-bond donors (Lipinski definition) is 1. The summed E-state index contributed by atoms with van der Waals surface area (Å²) in [4.78, 5) is 4.53. The van der Waals surface area contributed by atoms with Crippen molar-refractivity contribution in [2.24, 2.45) is 28.5 Å². The largest absolute Gasteiger partial charge is 0.430 e. The van der Waals surface area contributed by atoms with Crippen molar-refractivity contribution in [3.63, 3.8) is 0 Å². The Balaban J connectivity index is 2.51. The zero-order chi connectivity index (χ0) is 18.8.